The Morgan fingerprint density at radius 2 is 2.10 bits per heavy atom. The van der Waals surface area contributed by atoms with Crippen LogP contribution in [-0.4, -0.2) is 43.2 Å². The number of benzene rings is 1. The van der Waals surface area contributed by atoms with Crippen molar-refractivity contribution in [1.29, 1.82) is 0 Å². The second-order valence-corrected chi connectivity index (χ2v) is 6.00. The van der Waals surface area contributed by atoms with Crippen LogP contribution in [-0.2, 0) is 11.3 Å². The molecule has 5 heteroatoms. The van der Waals surface area contributed by atoms with Crippen molar-refractivity contribution < 1.29 is 14.3 Å². The summed E-state index contributed by atoms with van der Waals surface area (Å²) in [4.78, 5) is 14.3. The van der Waals surface area contributed by atoms with Gasteiger partial charge in [0.15, 0.2) is 11.5 Å². The van der Waals surface area contributed by atoms with Crippen molar-refractivity contribution in [2.45, 2.75) is 31.8 Å². The Morgan fingerprint density at radius 3 is 2.81 bits per heavy atom. The molecule has 1 fully saturated rings. The zero-order valence-corrected chi connectivity index (χ0v) is 12.6. The van der Waals surface area contributed by atoms with Gasteiger partial charge < -0.3 is 19.7 Å². The molecular formula is C16H22N2O3. The van der Waals surface area contributed by atoms with E-state index in [1.807, 2.05) is 32.2 Å². The van der Waals surface area contributed by atoms with Gasteiger partial charge in [-0.1, -0.05) is 6.07 Å². The van der Waals surface area contributed by atoms with E-state index in [-0.39, 0.29) is 5.91 Å². The van der Waals surface area contributed by atoms with Gasteiger partial charge in [0.25, 0.3) is 0 Å². The average molecular weight is 290 g/mol. The zero-order chi connectivity index (χ0) is 14.9. The third-order valence-electron chi connectivity index (χ3n) is 4.21. The molecule has 1 amide bonds. The highest BCUT2D eigenvalue weighted by atomic mass is 16.6. The van der Waals surface area contributed by atoms with Crippen molar-refractivity contribution in [2.24, 2.45) is 0 Å². The van der Waals surface area contributed by atoms with Crippen LogP contribution in [0.3, 0.4) is 0 Å². The third-order valence-corrected chi connectivity index (χ3v) is 4.21. The molecule has 1 N–H and O–H groups in total. The summed E-state index contributed by atoms with van der Waals surface area (Å²) in [5.41, 5.74) is 0.638. The largest absolute Gasteiger partial charge is 0.486 e. The second kappa shape index (κ2) is 5.56. The Kier molecular flexibility index (Phi) is 3.76. The van der Waals surface area contributed by atoms with Gasteiger partial charge in [-0.3, -0.25) is 4.79 Å². The van der Waals surface area contributed by atoms with Crippen LogP contribution >= 0.6 is 0 Å². The second-order valence-electron chi connectivity index (χ2n) is 6.00. The summed E-state index contributed by atoms with van der Waals surface area (Å²) < 4.78 is 11.1. The lowest BCUT2D eigenvalue weighted by molar-refractivity contribution is -0.136. The summed E-state index contributed by atoms with van der Waals surface area (Å²) in [6.07, 6.45) is 1.96. The highest BCUT2D eigenvalue weighted by molar-refractivity contribution is 5.86. The molecular weight excluding hydrogens is 268 g/mol. The number of likely N-dealkylation sites (N-methyl/N-ethyl adjacent to an activating group) is 1. The molecule has 1 aromatic carbocycles. The monoisotopic (exact) mass is 290 g/mol. The number of ether oxygens (including phenoxy) is 2. The Labute approximate surface area is 125 Å². The number of hydrogen-bond acceptors (Lipinski definition) is 4. The summed E-state index contributed by atoms with van der Waals surface area (Å²) in [5, 5.41) is 3.31. The Balaban J connectivity index is 1.69. The molecule has 2 aliphatic rings. The van der Waals surface area contributed by atoms with E-state index in [9.17, 15) is 4.79 Å². The van der Waals surface area contributed by atoms with Crippen molar-refractivity contribution in [3.05, 3.63) is 23.8 Å². The number of nitrogens with one attached hydrogen (secondary N) is 1. The molecule has 2 heterocycles. The molecule has 5 nitrogen and oxygen atoms in total. The van der Waals surface area contributed by atoms with E-state index in [0.717, 1.165) is 36.4 Å². The minimum Gasteiger partial charge on any atom is -0.486 e. The molecule has 114 valence electrons. The van der Waals surface area contributed by atoms with Crippen molar-refractivity contribution in [2.75, 3.05) is 26.8 Å². The van der Waals surface area contributed by atoms with Crippen molar-refractivity contribution in [1.82, 2.24) is 10.2 Å². The van der Waals surface area contributed by atoms with E-state index >= 15 is 0 Å². The maximum Gasteiger partial charge on any atom is 0.242 e. The van der Waals surface area contributed by atoms with Crippen LogP contribution in [0.25, 0.3) is 0 Å². The number of carbonyl (C=O) groups excluding carboxylic acids is 1. The van der Waals surface area contributed by atoms with E-state index in [4.69, 9.17) is 9.47 Å². The van der Waals surface area contributed by atoms with Crippen molar-refractivity contribution in [3.8, 4) is 11.5 Å². The fourth-order valence-electron chi connectivity index (χ4n) is 3.03. The molecule has 21 heavy (non-hydrogen) atoms. The molecule has 0 spiro atoms. The standard InChI is InChI=1S/C16H22N2O3/c1-16(6-3-7-17-16)15(19)18(2)11-12-4-5-13-14(10-12)21-9-8-20-13/h4-5,10,17H,3,6-9,11H2,1-2H3. The molecule has 0 bridgehead atoms. The number of fused-ring (bicyclic) bond motifs is 1. The lowest BCUT2D eigenvalue weighted by Gasteiger charge is -2.29. The first-order chi connectivity index (χ1) is 10.1. The SMILES string of the molecule is CN(Cc1ccc2c(c1)OCCO2)C(=O)C1(C)CCCN1. The van der Waals surface area contributed by atoms with Gasteiger partial charge in [0.05, 0.1) is 5.54 Å². The smallest absolute Gasteiger partial charge is 0.242 e. The van der Waals surface area contributed by atoms with Gasteiger partial charge in [0, 0.05) is 13.6 Å². The third kappa shape index (κ3) is 2.83. The summed E-state index contributed by atoms with van der Waals surface area (Å²) in [6, 6.07) is 5.86. The fourth-order valence-corrected chi connectivity index (χ4v) is 3.03. The van der Waals surface area contributed by atoms with Gasteiger partial charge in [-0.05, 0) is 44.0 Å². The number of rotatable bonds is 3. The number of carbonyl (C=O) groups is 1. The fraction of sp³-hybridized carbons (Fsp3) is 0.562. The van der Waals surface area contributed by atoms with Gasteiger partial charge in [0.2, 0.25) is 5.91 Å². The summed E-state index contributed by atoms with van der Waals surface area (Å²) in [5.74, 6) is 1.70. The van der Waals surface area contributed by atoms with Crippen molar-refractivity contribution in [3.63, 3.8) is 0 Å². The van der Waals surface area contributed by atoms with Crippen LogP contribution in [0.15, 0.2) is 18.2 Å². The van der Waals surface area contributed by atoms with Gasteiger partial charge in [-0.2, -0.15) is 0 Å². The van der Waals surface area contributed by atoms with Crippen LogP contribution in [0.2, 0.25) is 0 Å². The molecule has 0 radical (unpaired) electrons. The highest BCUT2D eigenvalue weighted by Crippen LogP contribution is 2.31. The molecule has 0 aliphatic carbocycles. The number of nitrogens with zero attached hydrogens (tertiary/aromatic N) is 1. The zero-order valence-electron chi connectivity index (χ0n) is 12.6. The average Bonchev–Trinajstić information content (AvgIpc) is 2.94. The molecule has 2 aliphatic heterocycles. The molecule has 3 rings (SSSR count). The lowest BCUT2D eigenvalue weighted by Crippen LogP contribution is -2.51. The van der Waals surface area contributed by atoms with Crippen molar-refractivity contribution >= 4 is 5.91 Å². The Bertz CT molecular complexity index is 538. The van der Waals surface area contributed by atoms with Gasteiger partial charge in [-0.25, -0.2) is 0 Å². The lowest BCUT2D eigenvalue weighted by atomic mass is 9.98. The first-order valence-corrected chi connectivity index (χ1v) is 7.48. The quantitative estimate of drug-likeness (QED) is 0.918. The van der Waals surface area contributed by atoms with Crippen LogP contribution in [0, 0.1) is 0 Å². The summed E-state index contributed by atoms with van der Waals surface area (Å²) in [7, 11) is 1.85. The van der Waals surface area contributed by atoms with Crippen LogP contribution < -0.4 is 14.8 Å². The minimum atomic E-state index is -0.414. The van der Waals surface area contributed by atoms with E-state index in [0.29, 0.717) is 19.8 Å². The Hall–Kier alpha value is -1.75. The van der Waals surface area contributed by atoms with Crippen LogP contribution in [0.4, 0.5) is 0 Å². The van der Waals surface area contributed by atoms with E-state index in [1.165, 1.54) is 0 Å². The number of hydrogen-bond donors (Lipinski definition) is 1. The summed E-state index contributed by atoms with van der Waals surface area (Å²) >= 11 is 0. The highest BCUT2D eigenvalue weighted by Gasteiger charge is 2.37. The van der Waals surface area contributed by atoms with E-state index in [2.05, 4.69) is 5.32 Å². The predicted molar refractivity (Wildman–Crippen MR) is 79.5 cm³/mol. The van der Waals surface area contributed by atoms with Crippen LogP contribution in [0.5, 0.6) is 11.5 Å². The molecule has 1 unspecified atom stereocenters. The first kappa shape index (κ1) is 14.2. The van der Waals surface area contributed by atoms with Gasteiger partial charge in [-0.15, -0.1) is 0 Å². The maximum atomic E-state index is 12.6. The predicted octanol–water partition coefficient (Wildman–Crippen LogP) is 1.56. The van der Waals surface area contributed by atoms with E-state index in [1.54, 1.807) is 4.90 Å². The number of amides is 1. The molecule has 1 saturated heterocycles. The topological polar surface area (TPSA) is 50.8 Å². The first-order valence-electron chi connectivity index (χ1n) is 7.48. The molecule has 0 aromatic heterocycles. The molecule has 0 saturated carbocycles. The maximum absolute atomic E-state index is 12.6. The van der Waals surface area contributed by atoms with E-state index < -0.39 is 5.54 Å². The van der Waals surface area contributed by atoms with Gasteiger partial charge >= 0.3 is 0 Å². The Morgan fingerprint density at radius 1 is 1.33 bits per heavy atom. The molecule has 1 aromatic rings. The summed E-state index contributed by atoms with van der Waals surface area (Å²) in [6.45, 7) is 4.65. The molecule has 1 atom stereocenters. The minimum absolute atomic E-state index is 0.148. The normalized spacial score (nSPS) is 23.9. The van der Waals surface area contributed by atoms with Crippen LogP contribution in [0.1, 0.15) is 25.3 Å². The van der Waals surface area contributed by atoms with Gasteiger partial charge in [0.1, 0.15) is 13.2 Å².